The molecule has 1 aliphatic rings. The molecule has 1 saturated carbocycles. The molecule has 0 bridgehead atoms. The van der Waals surface area contributed by atoms with Gasteiger partial charge in [-0.25, -0.2) is 4.39 Å². The minimum Gasteiger partial charge on any atom is -0.385 e. The van der Waals surface area contributed by atoms with Crippen molar-refractivity contribution >= 4 is 0 Å². The minimum atomic E-state index is -0.837. The van der Waals surface area contributed by atoms with Crippen LogP contribution in [0.4, 0.5) is 4.39 Å². The van der Waals surface area contributed by atoms with E-state index in [1.165, 1.54) is 18.6 Å². The molecule has 0 aromatic heterocycles. The number of aryl methyl sites for hydroxylation is 1. The Morgan fingerprint density at radius 3 is 2.58 bits per heavy atom. The van der Waals surface area contributed by atoms with E-state index in [1.807, 2.05) is 13.0 Å². The van der Waals surface area contributed by atoms with E-state index in [2.05, 4.69) is 13.8 Å². The van der Waals surface area contributed by atoms with E-state index < -0.39 is 5.60 Å². The maximum atomic E-state index is 13.5. The van der Waals surface area contributed by atoms with Gasteiger partial charge in [-0.2, -0.15) is 0 Å². The monoisotopic (exact) mass is 264 g/mol. The summed E-state index contributed by atoms with van der Waals surface area (Å²) in [6, 6.07) is 4.95. The Labute approximate surface area is 115 Å². The highest BCUT2D eigenvalue weighted by atomic mass is 19.1. The summed E-state index contributed by atoms with van der Waals surface area (Å²) in [5, 5.41) is 10.9. The molecule has 1 aromatic rings. The smallest absolute Gasteiger partial charge is 0.123 e. The Hall–Kier alpha value is -0.890. The van der Waals surface area contributed by atoms with E-state index in [1.54, 1.807) is 0 Å². The van der Waals surface area contributed by atoms with Crippen LogP contribution in [0.15, 0.2) is 18.2 Å². The lowest BCUT2D eigenvalue weighted by molar-refractivity contribution is 0.0188. The van der Waals surface area contributed by atoms with Crippen LogP contribution in [0.1, 0.15) is 57.1 Å². The number of benzene rings is 1. The average Bonchev–Trinajstić information content (AvgIpc) is 2.51. The van der Waals surface area contributed by atoms with Crippen LogP contribution in [0.3, 0.4) is 0 Å². The van der Waals surface area contributed by atoms with Crippen molar-refractivity contribution in [2.45, 2.75) is 58.5 Å². The van der Waals surface area contributed by atoms with E-state index in [0.29, 0.717) is 11.8 Å². The number of rotatable bonds is 2. The second-order valence-corrected chi connectivity index (χ2v) is 6.48. The summed E-state index contributed by atoms with van der Waals surface area (Å²) in [5.41, 5.74) is 0.804. The number of hydrogen-bond acceptors (Lipinski definition) is 1. The average molecular weight is 264 g/mol. The quantitative estimate of drug-likeness (QED) is 0.776. The molecule has 1 fully saturated rings. The fourth-order valence-electron chi connectivity index (χ4n) is 3.31. The van der Waals surface area contributed by atoms with Gasteiger partial charge in [-0.15, -0.1) is 0 Å². The zero-order valence-corrected chi connectivity index (χ0v) is 12.2. The summed E-state index contributed by atoms with van der Waals surface area (Å²) >= 11 is 0. The van der Waals surface area contributed by atoms with Gasteiger partial charge in [0, 0.05) is 0 Å². The van der Waals surface area contributed by atoms with Gasteiger partial charge in [0.25, 0.3) is 0 Å². The lowest BCUT2D eigenvalue weighted by atomic mass is 9.84. The van der Waals surface area contributed by atoms with Crippen LogP contribution >= 0.6 is 0 Å². The van der Waals surface area contributed by atoms with Gasteiger partial charge in [0.2, 0.25) is 0 Å². The Balaban J connectivity index is 2.22. The summed E-state index contributed by atoms with van der Waals surface area (Å²) in [5.74, 6) is 1.10. The Morgan fingerprint density at radius 1 is 1.21 bits per heavy atom. The summed E-state index contributed by atoms with van der Waals surface area (Å²) in [4.78, 5) is 0. The summed E-state index contributed by atoms with van der Waals surface area (Å²) < 4.78 is 13.5. The summed E-state index contributed by atoms with van der Waals surface area (Å²) in [6.07, 6.45) is 4.73. The van der Waals surface area contributed by atoms with Gasteiger partial charge in [-0.3, -0.25) is 0 Å². The van der Waals surface area contributed by atoms with E-state index in [4.69, 9.17) is 0 Å². The first kappa shape index (κ1) is 14.5. The van der Waals surface area contributed by atoms with Gasteiger partial charge >= 0.3 is 0 Å². The van der Waals surface area contributed by atoms with E-state index >= 15 is 0 Å². The molecule has 2 unspecified atom stereocenters. The van der Waals surface area contributed by atoms with Gasteiger partial charge in [0.1, 0.15) is 5.82 Å². The molecule has 2 heteroatoms. The van der Waals surface area contributed by atoms with Crippen LogP contribution in [0.2, 0.25) is 0 Å². The molecule has 0 radical (unpaired) electrons. The molecule has 1 N–H and O–H groups in total. The SMILES string of the molecule is Cc1cc(F)cc(C2(O)CCCC(C(C)C)CC2)c1. The van der Waals surface area contributed by atoms with Crippen molar-refractivity contribution in [1.29, 1.82) is 0 Å². The first-order chi connectivity index (χ1) is 8.90. The minimum absolute atomic E-state index is 0.243. The third kappa shape index (κ3) is 3.36. The van der Waals surface area contributed by atoms with Gasteiger partial charge < -0.3 is 5.11 Å². The molecule has 0 spiro atoms. The normalized spacial score (nSPS) is 28.4. The highest BCUT2D eigenvalue weighted by Crippen LogP contribution is 2.40. The predicted molar refractivity (Wildman–Crippen MR) is 76.4 cm³/mol. The molecule has 0 saturated heterocycles. The van der Waals surface area contributed by atoms with E-state index in [9.17, 15) is 9.50 Å². The number of hydrogen-bond donors (Lipinski definition) is 1. The molecule has 0 heterocycles. The molecule has 2 atom stereocenters. The third-order valence-electron chi connectivity index (χ3n) is 4.62. The second kappa shape index (κ2) is 5.62. The standard InChI is InChI=1S/C17H25FO/c1-12(2)14-5-4-7-17(19,8-6-14)15-9-13(3)10-16(18)11-15/h9-12,14,19H,4-8H2,1-3H3. The lowest BCUT2D eigenvalue weighted by Gasteiger charge is -2.28. The molecule has 1 aliphatic carbocycles. The Bertz CT molecular complexity index is 421. The van der Waals surface area contributed by atoms with E-state index in [0.717, 1.165) is 36.8 Å². The predicted octanol–water partition coefficient (Wildman–Crippen LogP) is 4.56. The van der Waals surface area contributed by atoms with Gasteiger partial charge in [0.15, 0.2) is 0 Å². The molecule has 19 heavy (non-hydrogen) atoms. The first-order valence-corrected chi connectivity index (χ1v) is 7.41. The number of aliphatic hydroxyl groups is 1. The van der Waals surface area contributed by atoms with Gasteiger partial charge in [0.05, 0.1) is 5.60 Å². The van der Waals surface area contributed by atoms with Gasteiger partial charge in [-0.05, 0) is 67.7 Å². The van der Waals surface area contributed by atoms with Crippen molar-refractivity contribution in [1.82, 2.24) is 0 Å². The Kier molecular flexibility index (Phi) is 4.29. The lowest BCUT2D eigenvalue weighted by Crippen LogP contribution is -2.25. The number of halogens is 1. The topological polar surface area (TPSA) is 20.2 Å². The molecular weight excluding hydrogens is 239 g/mol. The third-order valence-corrected chi connectivity index (χ3v) is 4.62. The van der Waals surface area contributed by atoms with Crippen molar-refractivity contribution in [3.05, 3.63) is 35.1 Å². The van der Waals surface area contributed by atoms with Crippen LogP contribution in [0.25, 0.3) is 0 Å². The van der Waals surface area contributed by atoms with Crippen molar-refractivity contribution in [3.63, 3.8) is 0 Å². The maximum Gasteiger partial charge on any atom is 0.123 e. The fourth-order valence-corrected chi connectivity index (χ4v) is 3.31. The molecular formula is C17H25FO. The van der Waals surface area contributed by atoms with Crippen molar-refractivity contribution in [2.24, 2.45) is 11.8 Å². The second-order valence-electron chi connectivity index (χ2n) is 6.48. The largest absolute Gasteiger partial charge is 0.385 e. The molecule has 1 nitrogen and oxygen atoms in total. The van der Waals surface area contributed by atoms with Crippen LogP contribution in [0, 0.1) is 24.6 Å². The van der Waals surface area contributed by atoms with Gasteiger partial charge in [-0.1, -0.05) is 26.3 Å². The zero-order chi connectivity index (χ0) is 14.0. The molecule has 0 aliphatic heterocycles. The van der Waals surface area contributed by atoms with Crippen LogP contribution in [-0.2, 0) is 5.60 Å². The zero-order valence-electron chi connectivity index (χ0n) is 12.2. The van der Waals surface area contributed by atoms with Crippen molar-refractivity contribution < 1.29 is 9.50 Å². The Morgan fingerprint density at radius 2 is 1.95 bits per heavy atom. The molecule has 0 amide bonds. The van der Waals surface area contributed by atoms with Crippen LogP contribution in [0.5, 0.6) is 0 Å². The molecule has 1 aromatic carbocycles. The fraction of sp³-hybridized carbons (Fsp3) is 0.647. The highest BCUT2D eigenvalue weighted by molar-refractivity contribution is 5.28. The first-order valence-electron chi connectivity index (χ1n) is 7.41. The summed E-state index contributed by atoms with van der Waals surface area (Å²) in [6.45, 7) is 6.38. The maximum absolute atomic E-state index is 13.5. The van der Waals surface area contributed by atoms with Crippen LogP contribution < -0.4 is 0 Å². The van der Waals surface area contributed by atoms with E-state index in [-0.39, 0.29) is 5.82 Å². The van der Waals surface area contributed by atoms with Crippen molar-refractivity contribution in [2.75, 3.05) is 0 Å². The summed E-state index contributed by atoms with van der Waals surface area (Å²) in [7, 11) is 0. The molecule has 2 rings (SSSR count). The highest BCUT2D eigenvalue weighted by Gasteiger charge is 2.33. The molecule has 106 valence electrons. The van der Waals surface area contributed by atoms with Crippen molar-refractivity contribution in [3.8, 4) is 0 Å². The van der Waals surface area contributed by atoms with Crippen LogP contribution in [-0.4, -0.2) is 5.11 Å².